The van der Waals surface area contributed by atoms with E-state index < -0.39 is 33.8 Å². The zero-order valence-electron chi connectivity index (χ0n) is 22.3. The number of aliphatic hydroxyl groups excluding tert-OH is 3. The highest BCUT2D eigenvalue weighted by Crippen LogP contribution is 2.41. The van der Waals surface area contributed by atoms with Crippen LogP contribution in [0, 0.1) is 5.41 Å². The van der Waals surface area contributed by atoms with Gasteiger partial charge < -0.3 is 24.8 Å². The van der Waals surface area contributed by atoms with E-state index in [0.29, 0.717) is 18.8 Å². The summed E-state index contributed by atoms with van der Waals surface area (Å²) in [6, 6.07) is 16.1. The van der Waals surface area contributed by atoms with Gasteiger partial charge in [0.15, 0.2) is 0 Å². The van der Waals surface area contributed by atoms with Gasteiger partial charge in [0.1, 0.15) is 16.4 Å². The molecule has 1 aliphatic heterocycles. The third-order valence-corrected chi connectivity index (χ3v) is 9.03. The van der Waals surface area contributed by atoms with E-state index in [9.17, 15) is 23.7 Å². The van der Waals surface area contributed by atoms with E-state index >= 15 is 0 Å². The summed E-state index contributed by atoms with van der Waals surface area (Å²) in [7, 11) is -2.43. The first-order valence-corrected chi connectivity index (χ1v) is 14.7. The lowest BCUT2D eigenvalue weighted by Gasteiger charge is -2.37. The second-order valence-corrected chi connectivity index (χ2v) is 12.5. The van der Waals surface area contributed by atoms with Gasteiger partial charge in [-0.2, -0.15) is 0 Å². The summed E-state index contributed by atoms with van der Waals surface area (Å²) in [5, 5.41) is 32.1. The standard InChI is InChI=1S/C29H35N3O7S/c1-38-24-6-2-4-20(10-24)16-32-17-23(33)15-31-40(36,37)28-8-7-21(22-5-3-9-30-14-22)11-27(28)39-19-29(18-32)12-25(34)26(35)13-29/h2-11,14,23,25-26,31,33-35H,12-13,15-19H2,1H3/t23-,25-,26+,29?/m0/s1. The monoisotopic (exact) mass is 569 g/mol. The Kier molecular flexibility index (Phi) is 8.41. The van der Waals surface area contributed by atoms with Gasteiger partial charge >= 0.3 is 0 Å². The number of sulfonamides is 1. The summed E-state index contributed by atoms with van der Waals surface area (Å²) in [6.45, 7) is 0.876. The molecular formula is C29H35N3O7S. The maximum atomic E-state index is 13.3. The van der Waals surface area contributed by atoms with Crippen LogP contribution in [0.4, 0.5) is 0 Å². The minimum atomic E-state index is -4.03. The highest BCUT2D eigenvalue weighted by atomic mass is 32.2. The zero-order valence-corrected chi connectivity index (χ0v) is 23.1. The highest BCUT2D eigenvalue weighted by Gasteiger charge is 2.46. The Morgan fingerprint density at radius 2 is 1.88 bits per heavy atom. The van der Waals surface area contributed by atoms with E-state index in [0.717, 1.165) is 16.7 Å². The Morgan fingerprint density at radius 1 is 1.07 bits per heavy atom. The largest absolute Gasteiger partial charge is 0.497 e. The molecule has 40 heavy (non-hydrogen) atoms. The third kappa shape index (κ3) is 6.46. The minimum absolute atomic E-state index is 0.0459. The Hall–Kier alpha value is -3.06. The van der Waals surface area contributed by atoms with E-state index in [1.54, 1.807) is 37.7 Å². The smallest absolute Gasteiger partial charge is 0.244 e. The molecule has 1 spiro atoms. The van der Waals surface area contributed by atoms with Crippen LogP contribution < -0.4 is 14.2 Å². The van der Waals surface area contributed by atoms with Gasteiger partial charge in [0, 0.05) is 49.6 Å². The van der Waals surface area contributed by atoms with Crippen molar-refractivity contribution in [2.75, 3.05) is 33.4 Å². The van der Waals surface area contributed by atoms with Crippen LogP contribution in [0.25, 0.3) is 11.1 Å². The second kappa shape index (κ2) is 11.8. The first kappa shape index (κ1) is 28.5. The molecule has 2 aliphatic rings. The number of rotatable bonds is 4. The first-order valence-electron chi connectivity index (χ1n) is 13.2. The van der Waals surface area contributed by atoms with Crippen LogP contribution in [0.15, 0.2) is 71.9 Å². The van der Waals surface area contributed by atoms with Crippen LogP contribution in [0.1, 0.15) is 18.4 Å². The first-order chi connectivity index (χ1) is 19.2. The Balaban J connectivity index is 1.52. The summed E-state index contributed by atoms with van der Waals surface area (Å²) in [5.41, 5.74) is 1.77. The number of aliphatic hydroxyl groups is 3. The van der Waals surface area contributed by atoms with E-state index in [-0.39, 0.29) is 43.2 Å². The molecule has 0 bridgehead atoms. The Labute approximate surface area is 234 Å². The van der Waals surface area contributed by atoms with Crippen molar-refractivity contribution in [1.82, 2.24) is 14.6 Å². The Morgan fingerprint density at radius 3 is 2.60 bits per heavy atom. The molecule has 4 N–H and O–H groups in total. The van der Waals surface area contributed by atoms with Crippen molar-refractivity contribution in [1.29, 1.82) is 0 Å². The molecule has 1 saturated carbocycles. The summed E-state index contributed by atoms with van der Waals surface area (Å²) < 4.78 is 40.8. The summed E-state index contributed by atoms with van der Waals surface area (Å²) in [5.74, 6) is 0.851. The predicted molar refractivity (Wildman–Crippen MR) is 148 cm³/mol. The summed E-state index contributed by atoms with van der Waals surface area (Å²) in [4.78, 5) is 6.12. The lowest BCUT2D eigenvalue weighted by molar-refractivity contribution is 0.0427. The SMILES string of the molecule is COc1cccc(CN2C[C@@H](O)CNS(=O)(=O)c3ccc(-c4cccnc4)cc3OCC3(C[C@@H](O)[C@@H](O)C3)C2)c1. The van der Waals surface area contributed by atoms with Crippen molar-refractivity contribution in [3.05, 3.63) is 72.6 Å². The van der Waals surface area contributed by atoms with Crippen molar-refractivity contribution in [3.8, 4) is 22.6 Å². The molecule has 0 saturated heterocycles. The molecular weight excluding hydrogens is 534 g/mol. The molecule has 1 aromatic heterocycles. The van der Waals surface area contributed by atoms with Gasteiger partial charge in [-0.15, -0.1) is 0 Å². The normalized spacial score (nSPS) is 27.2. The average Bonchev–Trinajstić information content (AvgIpc) is 3.23. The van der Waals surface area contributed by atoms with Crippen molar-refractivity contribution in [2.24, 2.45) is 5.41 Å². The average molecular weight is 570 g/mol. The van der Waals surface area contributed by atoms with Crippen LogP contribution >= 0.6 is 0 Å². The molecule has 1 aliphatic carbocycles. The number of nitrogens with zero attached hydrogens (tertiary/aromatic N) is 2. The zero-order chi connectivity index (χ0) is 28.3. The molecule has 1 fully saturated rings. The van der Waals surface area contributed by atoms with Crippen LogP contribution in [-0.2, 0) is 16.6 Å². The van der Waals surface area contributed by atoms with Crippen molar-refractivity contribution < 1.29 is 33.2 Å². The van der Waals surface area contributed by atoms with E-state index in [1.807, 2.05) is 35.2 Å². The molecule has 10 nitrogen and oxygen atoms in total. The molecule has 3 aromatic rings. The lowest BCUT2D eigenvalue weighted by Crippen LogP contribution is -2.46. The molecule has 5 rings (SSSR count). The predicted octanol–water partition coefficient (Wildman–Crippen LogP) is 1.79. The van der Waals surface area contributed by atoms with Crippen LogP contribution in [0.2, 0.25) is 0 Å². The van der Waals surface area contributed by atoms with Gasteiger partial charge in [-0.05, 0) is 54.3 Å². The third-order valence-electron chi connectivity index (χ3n) is 7.57. The quantitative estimate of drug-likeness (QED) is 0.370. The van der Waals surface area contributed by atoms with Crippen LogP contribution in [0.5, 0.6) is 11.5 Å². The Bertz CT molecular complexity index is 1410. The molecule has 1 unspecified atom stereocenters. The number of aromatic nitrogens is 1. The van der Waals surface area contributed by atoms with E-state index in [4.69, 9.17) is 9.47 Å². The lowest BCUT2D eigenvalue weighted by atomic mass is 9.85. The van der Waals surface area contributed by atoms with Crippen molar-refractivity contribution in [2.45, 2.75) is 42.6 Å². The van der Waals surface area contributed by atoms with Gasteiger partial charge in [0.2, 0.25) is 10.0 Å². The number of fused-ring (bicyclic) bond motifs is 1. The van der Waals surface area contributed by atoms with Gasteiger partial charge in [-0.3, -0.25) is 9.88 Å². The molecule has 4 atom stereocenters. The fraction of sp³-hybridized carbons (Fsp3) is 0.414. The number of benzene rings is 2. The van der Waals surface area contributed by atoms with Crippen molar-refractivity contribution in [3.63, 3.8) is 0 Å². The maximum absolute atomic E-state index is 13.3. The molecule has 214 valence electrons. The number of ether oxygens (including phenoxy) is 2. The summed E-state index contributed by atoms with van der Waals surface area (Å²) >= 11 is 0. The maximum Gasteiger partial charge on any atom is 0.244 e. The number of hydrogen-bond acceptors (Lipinski definition) is 9. The number of hydrogen-bond donors (Lipinski definition) is 4. The van der Waals surface area contributed by atoms with E-state index in [2.05, 4.69) is 9.71 Å². The number of nitrogens with one attached hydrogen (secondary N) is 1. The minimum Gasteiger partial charge on any atom is -0.497 e. The second-order valence-electron chi connectivity index (χ2n) is 10.8. The fourth-order valence-corrected chi connectivity index (χ4v) is 6.85. The molecule has 2 heterocycles. The van der Waals surface area contributed by atoms with Crippen molar-refractivity contribution >= 4 is 10.0 Å². The molecule has 11 heteroatoms. The van der Waals surface area contributed by atoms with Crippen LogP contribution in [0.3, 0.4) is 0 Å². The topological polar surface area (TPSA) is 141 Å². The number of β-amino-alcohol motifs (C(OH)–C–C–N with tert-alkyl or cyclic N) is 1. The van der Waals surface area contributed by atoms with E-state index in [1.165, 1.54) is 6.07 Å². The fourth-order valence-electron chi connectivity index (χ4n) is 5.66. The van der Waals surface area contributed by atoms with Gasteiger partial charge in [-0.1, -0.05) is 24.3 Å². The van der Waals surface area contributed by atoms with Crippen LogP contribution in [-0.4, -0.2) is 85.3 Å². The molecule has 2 aromatic carbocycles. The van der Waals surface area contributed by atoms with Gasteiger partial charge in [-0.25, -0.2) is 13.1 Å². The number of pyridine rings is 1. The van der Waals surface area contributed by atoms with Gasteiger partial charge in [0.25, 0.3) is 0 Å². The molecule has 0 radical (unpaired) electrons. The number of methoxy groups -OCH3 is 1. The van der Waals surface area contributed by atoms with Gasteiger partial charge in [0.05, 0.1) is 32.0 Å². The molecule has 0 amide bonds. The summed E-state index contributed by atoms with van der Waals surface area (Å²) in [6.07, 6.45) is 0.987. The highest BCUT2D eigenvalue weighted by molar-refractivity contribution is 7.89.